The molecule has 1 heterocycles. The summed E-state index contributed by atoms with van der Waals surface area (Å²) in [4.78, 5) is 8.71. The average molecular weight is 249 g/mol. The second-order valence-electron chi connectivity index (χ2n) is 5.29. The number of nitrogens with two attached hydrogens (primary N) is 1. The fraction of sp³-hybridized carbons (Fsp3) is 0.692. The van der Waals surface area contributed by atoms with E-state index in [2.05, 4.69) is 27.6 Å². The Morgan fingerprint density at radius 1 is 1.22 bits per heavy atom. The van der Waals surface area contributed by atoms with Gasteiger partial charge >= 0.3 is 0 Å². The van der Waals surface area contributed by atoms with E-state index in [1.165, 1.54) is 19.3 Å². The molecule has 0 aromatic carbocycles. The molecule has 1 aliphatic rings. The Kier molecular flexibility index (Phi) is 4.01. The van der Waals surface area contributed by atoms with Crippen molar-refractivity contribution in [1.29, 1.82) is 0 Å². The zero-order chi connectivity index (χ0) is 13.1. The molecule has 0 bridgehead atoms. The second-order valence-corrected chi connectivity index (χ2v) is 5.29. The Morgan fingerprint density at radius 2 is 1.94 bits per heavy atom. The van der Waals surface area contributed by atoms with Crippen molar-refractivity contribution in [2.45, 2.75) is 40.0 Å². The standard InChI is InChI=1S/C13H23N5/c1-8-5-4-6-11(8)7-15-12-9(2)13(18-14)17-10(3)16-12/h8,11H,4-7,14H2,1-3H3,(H2,15,16,17,18). The van der Waals surface area contributed by atoms with Crippen LogP contribution >= 0.6 is 0 Å². The van der Waals surface area contributed by atoms with E-state index in [-0.39, 0.29) is 0 Å². The molecule has 2 rings (SSSR count). The molecule has 4 N–H and O–H groups in total. The van der Waals surface area contributed by atoms with Gasteiger partial charge in [-0.2, -0.15) is 0 Å². The van der Waals surface area contributed by atoms with Gasteiger partial charge in [-0.05, 0) is 32.1 Å². The van der Waals surface area contributed by atoms with Gasteiger partial charge in [-0.25, -0.2) is 15.8 Å². The Labute approximate surface area is 109 Å². The van der Waals surface area contributed by atoms with Crippen LogP contribution < -0.4 is 16.6 Å². The van der Waals surface area contributed by atoms with Gasteiger partial charge in [-0.1, -0.05) is 19.8 Å². The van der Waals surface area contributed by atoms with Crippen LogP contribution in [0.4, 0.5) is 11.6 Å². The number of hydrogen-bond acceptors (Lipinski definition) is 5. The van der Waals surface area contributed by atoms with E-state index in [1.807, 2.05) is 13.8 Å². The Balaban J connectivity index is 2.06. The molecule has 1 fully saturated rings. The first-order valence-electron chi connectivity index (χ1n) is 6.67. The lowest BCUT2D eigenvalue weighted by molar-refractivity contribution is 0.439. The Bertz CT molecular complexity index is 418. The zero-order valence-corrected chi connectivity index (χ0v) is 11.5. The predicted octanol–water partition coefficient (Wildman–Crippen LogP) is 2.23. The summed E-state index contributed by atoms with van der Waals surface area (Å²) in [5.41, 5.74) is 3.60. The molecule has 0 aliphatic heterocycles. The maximum Gasteiger partial charge on any atom is 0.148 e. The predicted molar refractivity (Wildman–Crippen MR) is 74.3 cm³/mol. The molecule has 100 valence electrons. The monoisotopic (exact) mass is 249 g/mol. The molecular formula is C13H23N5. The van der Waals surface area contributed by atoms with Crippen LogP contribution in [0.2, 0.25) is 0 Å². The summed E-state index contributed by atoms with van der Waals surface area (Å²) in [6, 6.07) is 0. The highest BCUT2D eigenvalue weighted by atomic mass is 15.3. The van der Waals surface area contributed by atoms with Crippen LogP contribution in [-0.2, 0) is 0 Å². The fourth-order valence-corrected chi connectivity index (χ4v) is 2.69. The van der Waals surface area contributed by atoms with Crippen molar-refractivity contribution < 1.29 is 0 Å². The molecular weight excluding hydrogens is 226 g/mol. The van der Waals surface area contributed by atoms with E-state index < -0.39 is 0 Å². The zero-order valence-electron chi connectivity index (χ0n) is 11.5. The summed E-state index contributed by atoms with van der Waals surface area (Å²) >= 11 is 0. The van der Waals surface area contributed by atoms with E-state index in [9.17, 15) is 0 Å². The summed E-state index contributed by atoms with van der Waals surface area (Å²) < 4.78 is 0. The highest BCUT2D eigenvalue weighted by molar-refractivity contribution is 5.56. The number of anilines is 2. The summed E-state index contributed by atoms with van der Waals surface area (Å²) in [6.45, 7) is 7.19. The number of hydrogen-bond donors (Lipinski definition) is 3. The molecule has 18 heavy (non-hydrogen) atoms. The lowest BCUT2D eigenvalue weighted by Gasteiger charge is -2.18. The molecule has 0 radical (unpaired) electrons. The lowest BCUT2D eigenvalue weighted by atomic mass is 9.98. The topological polar surface area (TPSA) is 75.9 Å². The number of rotatable bonds is 4. The van der Waals surface area contributed by atoms with Crippen LogP contribution in [0.5, 0.6) is 0 Å². The molecule has 0 spiro atoms. The van der Waals surface area contributed by atoms with Crippen LogP contribution in [0.25, 0.3) is 0 Å². The van der Waals surface area contributed by atoms with Gasteiger partial charge < -0.3 is 10.7 Å². The summed E-state index contributed by atoms with van der Waals surface area (Å²) in [7, 11) is 0. The molecule has 1 aromatic rings. The van der Waals surface area contributed by atoms with E-state index in [4.69, 9.17) is 5.84 Å². The Hall–Kier alpha value is -1.36. The molecule has 5 nitrogen and oxygen atoms in total. The molecule has 2 unspecified atom stereocenters. The molecule has 0 amide bonds. The van der Waals surface area contributed by atoms with Crippen LogP contribution in [0.15, 0.2) is 0 Å². The van der Waals surface area contributed by atoms with E-state index in [1.54, 1.807) is 0 Å². The summed E-state index contributed by atoms with van der Waals surface area (Å²) in [6.07, 6.45) is 4.02. The van der Waals surface area contributed by atoms with Crippen molar-refractivity contribution in [3.8, 4) is 0 Å². The normalized spacial score (nSPS) is 23.1. The van der Waals surface area contributed by atoms with E-state index >= 15 is 0 Å². The molecule has 5 heteroatoms. The molecule has 0 saturated heterocycles. The van der Waals surface area contributed by atoms with Crippen molar-refractivity contribution in [3.05, 3.63) is 11.4 Å². The second kappa shape index (κ2) is 5.52. The SMILES string of the molecule is Cc1nc(NN)c(C)c(NCC2CCCC2C)n1. The maximum atomic E-state index is 5.46. The number of nitrogens with zero attached hydrogens (tertiary/aromatic N) is 2. The first-order chi connectivity index (χ1) is 8.61. The Morgan fingerprint density at radius 3 is 2.56 bits per heavy atom. The van der Waals surface area contributed by atoms with Gasteiger partial charge in [0.2, 0.25) is 0 Å². The van der Waals surface area contributed by atoms with Gasteiger partial charge in [0.1, 0.15) is 17.5 Å². The van der Waals surface area contributed by atoms with Crippen molar-refractivity contribution in [1.82, 2.24) is 9.97 Å². The van der Waals surface area contributed by atoms with Crippen LogP contribution in [0.3, 0.4) is 0 Å². The fourth-order valence-electron chi connectivity index (χ4n) is 2.69. The summed E-state index contributed by atoms with van der Waals surface area (Å²) in [5, 5.41) is 3.45. The largest absolute Gasteiger partial charge is 0.369 e. The number of aromatic nitrogens is 2. The minimum atomic E-state index is 0.699. The third-order valence-corrected chi connectivity index (χ3v) is 3.97. The number of nitrogens with one attached hydrogen (secondary N) is 2. The first kappa shape index (κ1) is 13.1. The van der Waals surface area contributed by atoms with Crippen LogP contribution in [-0.4, -0.2) is 16.5 Å². The highest BCUT2D eigenvalue weighted by Crippen LogP contribution is 2.31. The minimum Gasteiger partial charge on any atom is -0.369 e. The van der Waals surface area contributed by atoms with Crippen LogP contribution in [0.1, 0.15) is 37.6 Å². The van der Waals surface area contributed by atoms with Crippen LogP contribution in [0, 0.1) is 25.7 Å². The first-order valence-corrected chi connectivity index (χ1v) is 6.67. The molecule has 1 aromatic heterocycles. The van der Waals surface area contributed by atoms with Gasteiger partial charge in [0.05, 0.1) is 0 Å². The number of aryl methyl sites for hydroxylation is 1. The van der Waals surface area contributed by atoms with Gasteiger partial charge in [-0.15, -0.1) is 0 Å². The molecule has 2 atom stereocenters. The third kappa shape index (κ3) is 2.72. The van der Waals surface area contributed by atoms with E-state index in [0.717, 1.165) is 35.6 Å². The van der Waals surface area contributed by atoms with Gasteiger partial charge in [0.15, 0.2) is 0 Å². The smallest absolute Gasteiger partial charge is 0.148 e. The molecule has 1 aliphatic carbocycles. The quantitative estimate of drug-likeness (QED) is 0.563. The lowest BCUT2D eigenvalue weighted by Crippen LogP contribution is -2.19. The van der Waals surface area contributed by atoms with Gasteiger partial charge in [-0.3, -0.25) is 0 Å². The van der Waals surface area contributed by atoms with E-state index in [0.29, 0.717) is 5.82 Å². The van der Waals surface area contributed by atoms with Gasteiger partial charge in [0.25, 0.3) is 0 Å². The van der Waals surface area contributed by atoms with Crippen molar-refractivity contribution in [3.63, 3.8) is 0 Å². The van der Waals surface area contributed by atoms with Crippen molar-refractivity contribution >= 4 is 11.6 Å². The molecule has 1 saturated carbocycles. The average Bonchev–Trinajstić information content (AvgIpc) is 2.75. The third-order valence-electron chi connectivity index (χ3n) is 3.97. The maximum absolute atomic E-state index is 5.46. The number of nitrogen functional groups attached to an aromatic ring is 1. The number of hydrazine groups is 1. The minimum absolute atomic E-state index is 0.699. The highest BCUT2D eigenvalue weighted by Gasteiger charge is 2.23. The van der Waals surface area contributed by atoms with Gasteiger partial charge in [0, 0.05) is 12.1 Å². The summed E-state index contributed by atoms with van der Waals surface area (Å²) in [5.74, 6) is 9.36. The van der Waals surface area contributed by atoms with Crippen molar-refractivity contribution in [2.75, 3.05) is 17.3 Å². The van der Waals surface area contributed by atoms with Crippen molar-refractivity contribution in [2.24, 2.45) is 17.7 Å².